The Kier molecular flexibility index (Phi) is 13.3. The average molecular weight is 700 g/mol. The fourth-order valence-corrected chi connectivity index (χ4v) is 5.81. The van der Waals surface area contributed by atoms with Crippen LogP contribution < -0.4 is 21.3 Å². The van der Waals surface area contributed by atoms with Crippen molar-refractivity contribution in [2.75, 3.05) is 19.7 Å². The number of phenols is 1. The molecular weight excluding hydrogens is 654 g/mol. The molecule has 2 saturated heterocycles. The van der Waals surface area contributed by atoms with Crippen molar-refractivity contribution in [2.24, 2.45) is 5.92 Å². The van der Waals surface area contributed by atoms with Crippen LogP contribution in [-0.2, 0) is 41.6 Å². The summed E-state index contributed by atoms with van der Waals surface area (Å²) in [6.45, 7) is 1.50. The smallest absolute Gasteiger partial charge is 0.328 e. The maximum atomic E-state index is 13.5. The van der Waals surface area contributed by atoms with Crippen molar-refractivity contribution in [1.82, 2.24) is 26.2 Å². The van der Waals surface area contributed by atoms with Gasteiger partial charge in [-0.1, -0.05) is 56.3 Å². The number of nitrogens with zero attached hydrogens (tertiary/aromatic N) is 1. The van der Waals surface area contributed by atoms with Crippen LogP contribution in [0.5, 0.6) is 5.75 Å². The summed E-state index contributed by atoms with van der Waals surface area (Å²) >= 11 is 0. The first-order valence-corrected chi connectivity index (χ1v) is 16.4. The summed E-state index contributed by atoms with van der Waals surface area (Å²) in [5.74, 6) is -3.99. The molecule has 0 radical (unpaired) electrons. The van der Waals surface area contributed by atoms with Crippen LogP contribution in [0.4, 0.5) is 0 Å². The Hall–Kier alpha value is -4.61. The molecule has 0 spiro atoms. The summed E-state index contributed by atoms with van der Waals surface area (Å²) in [5.41, 5.74) is 1.31. The lowest BCUT2D eigenvalue weighted by molar-refractivity contribution is -0.161. The molecule has 0 bridgehead atoms. The van der Waals surface area contributed by atoms with Gasteiger partial charge >= 0.3 is 5.97 Å². The van der Waals surface area contributed by atoms with Gasteiger partial charge in [0, 0.05) is 6.42 Å². The summed E-state index contributed by atoms with van der Waals surface area (Å²) in [6.07, 6.45) is -9.30. The van der Waals surface area contributed by atoms with E-state index in [1.165, 1.54) is 12.1 Å². The molecule has 4 amide bonds. The molecular formula is C34H45N5O11. The number of cyclic esters (lactones) is 1. The van der Waals surface area contributed by atoms with E-state index in [1.807, 2.05) is 0 Å². The molecule has 16 nitrogen and oxygen atoms in total. The molecule has 0 aliphatic carbocycles. The molecule has 0 aromatic heterocycles. The lowest BCUT2D eigenvalue weighted by atomic mass is 10.0. The number of amides is 4. The number of nitrogens with one attached hydrogen (secondary N) is 4. The van der Waals surface area contributed by atoms with Gasteiger partial charge in [-0.2, -0.15) is 0 Å². The van der Waals surface area contributed by atoms with Crippen LogP contribution in [0, 0.1) is 5.92 Å². The molecule has 2 fully saturated rings. The van der Waals surface area contributed by atoms with Crippen LogP contribution in [0.2, 0.25) is 0 Å². The van der Waals surface area contributed by atoms with Crippen LogP contribution >= 0.6 is 0 Å². The summed E-state index contributed by atoms with van der Waals surface area (Å²) < 4.78 is 5.22. The lowest BCUT2D eigenvalue weighted by Crippen LogP contribution is -2.58. The van der Waals surface area contributed by atoms with Gasteiger partial charge in [0.05, 0.1) is 12.6 Å². The molecule has 4 rings (SSSR count). The second-order valence-electron chi connectivity index (χ2n) is 12.9. The van der Waals surface area contributed by atoms with E-state index >= 15 is 0 Å². The van der Waals surface area contributed by atoms with E-state index in [0.29, 0.717) is 11.1 Å². The molecule has 9 N–H and O–H groups in total. The highest BCUT2D eigenvalue weighted by Crippen LogP contribution is 2.22. The summed E-state index contributed by atoms with van der Waals surface area (Å²) in [4.78, 5) is 67.2. The first-order valence-electron chi connectivity index (χ1n) is 16.4. The van der Waals surface area contributed by atoms with E-state index in [2.05, 4.69) is 21.3 Å². The van der Waals surface area contributed by atoms with Gasteiger partial charge in [-0.3, -0.25) is 24.5 Å². The maximum absolute atomic E-state index is 13.5. The minimum Gasteiger partial charge on any atom is -0.508 e. The van der Waals surface area contributed by atoms with Gasteiger partial charge in [0.1, 0.15) is 61.6 Å². The largest absolute Gasteiger partial charge is 0.508 e. The molecule has 2 aliphatic rings. The zero-order chi connectivity index (χ0) is 36.5. The SMILES string of the molecule is CC(C)C[C@@H]1NC(=O)[C@H](Cc2ccccc2)NC(=O)CNC(=O)CN2C(=O)[C@H](Cc3ccc(O)cc3)NC2[C@H](O)[C@@H](O)[C@@H](O)[C@H](O)COC1=O. The highest BCUT2D eigenvalue weighted by Gasteiger charge is 2.47. The Labute approximate surface area is 288 Å². The third kappa shape index (κ3) is 10.2. The Morgan fingerprint density at radius 1 is 0.780 bits per heavy atom. The second kappa shape index (κ2) is 17.4. The molecule has 272 valence electrons. The third-order valence-corrected chi connectivity index (χ3v) is 8.48. The molecule has 2 aliphatic heterocycles. The van der Waals surface area contributed by atoms with Gasteiger partial charge in [0.2, 0.25) is 23.6 Å². The third-order valence-electron chi connectivity index (χ3n) is 8.48. The summed E-state index contributed by atoms with van der Waals surface area (Å²) in [5, 5.41) is 63.5. The van der Waals surface area contributed by atoms with Gasteiger partial charge in [-0.05, 0) is 42.0 Å². The number of carbonyl (C=O) groups is 5. The number of aromatic hydroxyl groups is 1. The van der Waals surface area contributed by atoms with Gasteiger partial charge < -0.3 is 51.1 Å². The molecule has 50 heavy (non-hydrogen) atoms. The van der Waals surface area contributed by atoms with Gasteiger partial charge in [0.25, 0.3) is 0 Å². The molecule has 16 heteroatoms. The topological polar surface area (TPSA) is 247 Å². The van der Waals surface area contributed by atoms with Crippen LogP contribution in [0.3, 0.4) is 0 Å². The molecule has 2 aromatic rings. The monoisotopic (exact) mass is 699 g/mol. The number of fused-ring (bicyclic) bond motifs is 1. The molecule has 2 heterocycles. The van der Waals surface area contributed by atoms with E-state index in [4.69, 9.17) is 4.74 Å². The van der Waals surface area contributed by atoms with Gasteiger partial charge in [-0.25, -0.2) is 4.79 Å². The predicted molar refractivity (Wildman–Crippen MR) is 176 cm³/mol. The van der Waals surface area contributed by atoms with Crippen molar-refractivity contribution < 1.29 is 54.2 Å². The fourth-order valence-electron chi connectivity index (χ4n) is 5.81. The van der Waals surface area contributed by atoms with E-state index < -0.39 is 98.0 Å². The predicted octanol–water partition coefficient (Wildman–Crippen LogP) is -2.56. The molecule has 1 unspecified atom stereocenters. The fraction of sp³-hybridized carbons (Fsp3) is 0.500. The molecule has 8 atom stereocenters. The van der Waals surface area contributed by atoms with Crippen LogP contribution in [0.15, 0.2) is 54.6 Å². The zero-order valence-corrected chi connectivity index (χ0v) is 27.8. The van der Waals surface area contributed by atoms with E-state index in [0.717, 1.165) is 4.90 Å². The maximum Gasteiger partial charge on any atom is 0.328 e. The van der Waals surface area contributed by atoms with Gasteiger partial charge in [-0.15, -0.1) is 0 Å². The first-order chi connectivity index (χ1) is 23.7. The normalized spacial score (nSPS) is 29.2. The standard InChI is InChI=1S/C34H45N5O11/c1-18(2)12-24-34(49)50-17-25(41)28(44)29(45)30(46)31-37-23(14-20-8-10-21(40)11-9-20)33(48)39(31)16-27(43)35-15-26(42)36-22(32(47)38-24)13-19-6-4-3-5-7-19/h3-11,18,22-25,28-31,37,40-41,44-46H,12-17H2,1-2H3,(H,35,43)(H,36,42)(H,38,47)/t22-,23-,24-,25+,28-,29-,30+,31?/m0/s1. The highest BCUT2D eigenvalue weighted by molar-refractivity contribution is 5.93. The van der Waals surface area contributed by atoms with Crippen molar-refractivity contribution in [3.8, 4) is 5.75 Å². The highest BCUT2D eigenvalue weighted by atomic mass is 16.5. The average Bonchev–Trinajstić information content (AvgIpc) is 3.38. The number of ether oxygens (including phenoxy) is 1. The van der Waals surface area contributed by atoms with Crippen molar-refractivity contribution in [2.45, 2.75) is 81.8 Å². The van der Waals surface area contributed by atoms with Crippen LogP contribution in [0.25, 0.3) is 0 Å². The first kappa shape index (κ1) is 38.2. The molecule has 0 saturated carbocycles. The van der Waals surface area contributed by atoms with E-state index in [1.54, 1.807) is 56.3 Å². The van der Waals surface area contributed by atoms with Crippen LogP contribution in [-0.4, -0.2) is 128 Å². The molecule has 2 aromatic carbocycles. The minimum absolute atomic E-state index is 0.00452. The van der Waals surface area contributed by atoms with Gasteiger partial charge in [0.15, 0.2) is 0 Å². The van der Waals surface area contributed by atoms with Crippen molar-refractivity contribution in [3.05, 3.63) is 65.7 Å². The minimum atomic E-state index is -2.11. The Balaban J connectivity index is 1.61. The number of aliphatic hydroxyl groups excluding tert-OH is 4. The quantitative estimate of drug-likeness (QED) is 0.141. The number of phenolic OH excluding ortho intramolecular Hbond substituents is 1. The number of benzene rings is 2. The number of aliphatic hydroxyl groups is 4. The van der Waals surface area contributed by atoms with Crippen molar-refractivity contribution >= 4 is 29.6 Å². The Morgan fingerprint density at radius 3 is 2.08 bits per heavy atom. The van der Waals surface area contributed by atoms with E-state index in [9.17, 15) is 49.5 Å². The van der Waals surface area contributed by atoms with E-state index in [-0.39, 0.29) is 30.9 Å². The van der Waals surface area contributed by atoms with Crippen molar-refractivity contribution in [1.29, 1.82) is 0 Å². The number of carbonyl (C=O) groups excluding carboxylic acids is 5. The lowest BCUT2D eigenvalue weighted by Gasteiger charge is -2.33. The second-order valence-corrected chi connectivity index (χ2v) is 12.9. The number of hydrogen-bond donors (Lipinski definition) is 9. The van der Waals surface area contributed by atoms with Crippen molar-refractivity contribution in [3.63, 3.8) is 0 Å². The summed E-state index contributed by atoms with van der Waals surface area (Å²) in [7, 11) is 0. The Morgan fingerprint density at radius 2 is 1.42 bits per heavy atom. The van der Waals surface area contributed by atoms with Crippen LogP contribution in [0.1, 0.15) is 31.4 Å². The summed E-state index contributed by atoms with van der Waals surface area (Å²) in [6, 6.07) is 11.4. The number of esters is 1. The number of rotatable bonds is 6. The zero-order valence-electron chi connectivity index (χ0n) is 27.8. The number of hydrogen-bond acceptors (Lipinski definition) is 12. The Bertz CT molecular complexity index is 1490.